The molecule has 2 amide bonds. The summed E-state index contributed by atoms with van der Waals surface area (Å²) in [5.74, 6) is -0.705. The Balaban J connectivity index is 1.44. The van der Waals surface area contributed by atoms with Gasteiger partial charge in [-0.2, -0.15) is 0 Å². The highest BCUT2D eigenvalue weighted by Crippen LogP contribution is 2.44. The number of ether oxygens (including phenoxy) is 1. The van der Waals surface area contributed by atoms with E-state index in [9.17, 15) is 14.4 Å². The van der Waals surface area contributed by atoms with Gasteiger partial charge in [-0.1, -0.05) is 69.3 Å². The second-order valence-electron chi connectivity index (χ2n) is 9.45. The molecule has 0 spiro atoms. The molecule has 3 rings (SSSR count). The third-order valence-electron chi connectivity index (χ3n) is 6.85. The summed E-state index contributed by atoms with van der Waals surface area (Å²) in [6.45, 7) is 6.62. The first-order valence-corrected chi connectivity index (χ1v) is 12.4. The fourth-order valence-electron chi connectivity index (χ4n) is 4.74. The molecule has 1 aliphatic carbocycles. The Labute approximate surface area is 207 Å². The maximum absolute atomic E-state index is 12.4. The van der Waals surface area contributed by atoms with Crippen LogP contribution in [0.15, 0.2) is 48.5 Å². The van der Waals surface area contributed by atoms with E-state index in [-0.39, 0.29) is 30.8 Å². The van der Waals surface area contributed by atoms with Gasteiger partial charge in [0.2, 0.25) is 5.91 Å². The summed E-state index contributed by atoms with van der Waals surface area (Å²) in [5, 5.41) is 14.5. The molecule has 0 aliphatic heterocycles. The van der Waals surface area contributed by atoms with Gasteiger partial charge in [-0.15, -0.1) is 0 Å². The van der Waals surface area contributed by atoms with Crippen molar-refractivity contribution >= 4 is 18.0 Å². The normalized spacial score (nSPS) is 14.1. The average Bonchev–Trinajstić information content (AvgIpc) is 3.16. The Hall–Kier alpha value is -3.35. The maximum atomic E-state index is 12.4. The molecule has 0 heterocycles. The zero-order valence-electron chi connectivity index (χ0n) is 20.8. The summed E-state index contributed by atoms with van der Waals surface area (Å²) < 4.78 is 5.59. The number of carboxylic acids is 1. The van der Waals surface area contributed by atoms with Crippen molar-refractivity contribution in [3.05, 3.63) is 59.7 Å². The number of hydrogen-bond acceptors (Lipinski definition) is 4. The van der Waals surface area contributed by atoms with Crippen LogP contribution < -0.4 is 10.6 Å². The molecule has 7 nitrogen and oxygen atoms in total. The van der Waals surface area contributed by atoms with Gasteiger partial charge in [-0.05, 0) is 53.4 Å². The first-order valence-electron chi connectivity index (χ1n) is 12.4. The molecule has 2 atom stereocenters. The standard InChI is InChI=1S/C28H36N2O5/c1-4-25(27(32)33)30-26(31)14-13-19(18(2)3)15-16-29-28(34)35-17-24-22-11-7-5-9-20(22)21-10-6-8-12-23(21)24/h5-12,18-19,24-25H,4,13-17H2,1-3H3,(H,29,34)(H,30,31)(H,32,33)/t19?,25-/m1/s1. The molecule has 0 fully saturated rings. The van der Waals surface area contributed by atoms with E-state index >= 15 is 0 Å². The van der Waals surface area contributed by atoms with Crippen molar-refractivity contribution in [1.29, 1.82) is 0 Å². The van der Waals surface area contributed by atoms with Gasteiger partial charge < -0.3 is 20.5 Å². The zero-order valence-corrected chi connectivity index (χ0v) is 20.8. The van der Waals surface area contributed by atoms with E-state index in [1.54, 1.807) is 6.92 Å². The minimum absolute atomic E-state index is 0.0211. The number of rotatable bonds is 12. The topological polar surface area (TPSA) is 105 Å². The molecule has 188 valence electrons. The summed E-state index contributed by atoms with van der Waals surface area (Å²) in [7, 11) is 0. The molecule has 0 radical (unpaired) electrons. The SMILES string of the molecule is CC[C@@H](NC(=O)CCC(CCNC(=O)OCC1c2ccccc2-c2ccccc21)C(C)C)C(=O)O. The molecule has 7 heteroatoms. The van der Waals surface area contributed by atoms with Crippen molar-refractivity contribution in [3.63, 3.8) is 0 Å². The first kappa shape index (κ1) is 26.3. The second-order valence-corrected chi connectivity index (χ2v) is 9.45. The molecular formula is C28H36N2O5. The molecular weight excluding hydrogens is 444 g/mol. The van der Waals surface area contributed by atoms with E-state index in [2.05, 4.69) is 48.7 Å². The smallest absolute Gasteiger partial charge is 0.407 e. The summed E-state index contributed by atoms with van der Waals surface area (Å²) in [6.07, 6.45) is 1.51. The van der Waals surface area contributed by atoms with Crippen molar-refractivity contribution < 1.29 is 24.2 Å². The van der Waals surface area contributed by atoms with Gasteiger partial charge in [-0.25, -0.2) is 9.59 Å². The summed E-state index contributed by atoms with van der Waals surface area (Å²) in [6, 6.07) is 15.6. The van der Waals surface area contributed by atoms with Crippen LogP contribution in [0, 0.1) is 11.8 Å². The molecule has 35 heavy (non-hydrogen) atoms. The molecule has 2 aromatic rings. The number of carboxylic acid groups (broad SMARTS) is 1. The van der Waals surface area contributed by atoms with E-state index < -0.39 is 18.1 Å². The minimum atomic E-state index is -1.02. The van der Waals surface area contributed by atoms with Crippen LogP contribution in [-0.2, 0) is 14.3 Å². The maximum Gasteiger partial charge on any atom is 0.407 e. The molecule has 0 aromatic heterocycles. The second kappa shape index (κ2) is 12.4. The third kappa shape index (κ3) is 6.84. The summed E-state index contributed by atoms with van der Waals surface area (Å²) >= 11 is 0. The molecule has 0 bridgehead atoms. The fourth-order valence-corrected chi connectivity index (χ4v) is 4.74. The number of fused-ring (bicyclic) bond motifs is 3. The Kier molecular flexibility index (Phi) is 9.29. The molecule has 1 unspecified atom stereocenters. The first-order chi connectivity index (χ1) is 16.8. The predicted octanol–water partition coefficient (Wildman–Crippen LogP) is 4.95. The Morgan fingerprint density at radius 1 is 0.971 bits per heavy atom. The zero-order chi connectivity index (χ0) is 25.4. The summed E-state index contributed by atoms with van der Waals surface area (Å²) in [4.78, 5) is 35.7. The van der Waals surface area contributed by atoms with Crippen LogP contribution >= 0.6 is 0 Å². The number of carbonyl (C=O) groups excluding carboxylic acids is 2. The lowest BCUT2D eigenvalue weighted by atomic mass is 9.88. The molecule has 0 saturated heterocycles. The van der Waals surface area contributed by atoms with Crippen LogP contribution in [-0.4, -0.2) is 42.3 Å². The number of hydrogen-bond donors (Lipinski definition) is 3. The van der Waals surface area contributed by atoms with Gasteiger partial charge in [0.25, 0.3) is 0 Å². The molecule has 1 aliphatic rings. The highest BCUT2D eigenvalue weighted by Gasteiger charge is 2.29. The van der Waals surface area contributed by atoms with Gasteiger partial charge in [0.05, 0.1) is 0 Å². The van der Waals surface area contributed by atoms with E-state index in [0.717, 1.165) is 0 Å². The predicted molar refractivity (Wildman–Crippen MR) is 135 cm³/mol. The third-order valence-corrected chi connectivity index (χ3v) is 6.85. The highest BCUT2D eigenvalue weighted by molar-refractivity contribution is 5.83. The van der Waals surface area contributed by atoms with Crippen molar-refractivity contribution in [3.8, 4) is 11.1 Å². The lowest BCUT2D eigenvalue weighted by Crippen LogP contribution is -2.40. The fraction of sp³-hybridized carbons (Fsp3) is 0.464. The van der Waals surface area contributed by atoms with E-state index in [4.69, 9.17) is 9.84 Å². The number of benzene rings is 2. The van der Waals surface area contributed by atoms with Crippen LogP contribution in [0.25, 0.3) is 11.1 Å². The average molecular weight is 481 g/mol. The number of nitrogens with one attached hydrogen (secondary N) is 2. The van der Waals surface area contributed by atoms with Crippen LogP contribution in [0.1, 0.15) is 63.5 Å². The van der Waals surface area contributed by atoms with Crippen molar-refractivity contribution in [2.24, 2.45) is 11.8 Å². The lowest BCUT2D eigenvalue weighted by molar-refractivity contribution is -0.141. The minimum Gasteiger partial charge on any atom is -0.480 e. The van der Waals surface area contributed by atoms with E-state index in [1.165, 1.54) is 22.3 Å². The highest BCUT2D eigenvalue weighted by atomic mass is 16.5. The van der Waals surface area contributed by atoms with Crippen LogP contribution in [0.4, 0.5) is 4.79 Å². The lowest BCUT2D eigenvalue weighted by Gasteiger charge is -2.21. The number of amides is 2. The van der Waals surface area contributed by atoms with E-state index in [1.807, 2.05) is 24.3 Å². The summed E-state index contributed by atoms with van der Waals surface area (Å²) in [5.41, 5.74) is 4.73. The van der Waals surface area contributed by atoms with Gasteiger partial charge in [0.1, 0.15) is 12.6 Å². The van der Waals surface area contributed by atoms with Crippen LogP contribution in [0.2, 0.25) is 0 Å². The van der Waals surface area contributed by atoms with Gasteiger partial charge in [-0.3, -0.25) is 4.79 Å². The monoisotopic (exact) mass is 480 g/mol. The molecule has 2 aromatic carbocycles. The molecule has 0 saturated carbocycles. The van der Waals surface area contributed by atoms with Gasteiger partial charge in [0, 0.05) is 18.9 Å². The largest absolute Gasteiger partial charge is 0.480 e. The van der Waals surface area contributed by atoms with Crippen molar-refractivity contribution in [2.75, 3.05) is 13.2 Å². The molecule has 3 N–H and O–H groups in total. The Morgan fingerprint density at radius 3 is 2.11 bits per heavy atom. The van der Waals surface area contributed by atoms with E-state index in [0.29, 0.717) is 31.7 Å². The Morgan fingerprint density at radius 2 is 1.57 bits per heavy atom. The van der Waals surface area contributed by atoms with Crippen molar-refractivity contribution in [1.82, 2.24) is 10.6 Å². The van der Waals surface area contributed by atoms with Crippen molar-refractivity contribution in [2.45, 2.75) is 58.4 Å². The van der Waals surface area contributed by atoms with Gasteiger partial charge >= 0.3 is 12.1 Å². The van der Waals surface area contributed by atoms with Gasteiger partial charge in [0.15, 0.2) is 0 Å². The number of carbonyl (C=O) groups is 3. The van der Waals surface area contributed by atoms with Crippen LogP contribution in [0.5, 0.6) is 0 Å². The number of alkyl carbamates (subject to hydrolysis) is 1. The Bertz CT molecular complexity index is 990. The number of aliphatic carboxylic acids is 1. The van der Waals surface area contributed by atoms with Crippen LogP contribution in [0.3, 0.4) is 0 Å². The quantitative estimate of drug-likeness (QED) is 0.399.